The van der Waals surface area contributed by atoms with Crippen LogP contribution in [0.1, 0.15) is 24.8 Å². The number of halogens is 1. The Hall–Kier alpha value is -2.88. The molecule has 0 radical (unpaired) electrons. The van der Waals surface area contributed by atoms with Crippen LogP contribution in [0.2, 0.25) is 0 Å². The Labute approximate surface area is 162 Å². The van der Waals surface area contributed by atoms with E-state index in [-0.39, 0.29) is 5.69 Å². The first kappa shape index (κ1) is 16.1. The number of nitrogens with zero attached hydrogens (tertiary/aromatic N) is 6. The van der Waals surface area contributed by atoms with Crippen LogP contribution in [0.3, 0.4) is 0 Å². The first-order chi connectivity index (χ1) is 13.4. The number of hydrogen-bond acceptors (Lipinski definition) is 7. The third-order valence-corrected chi connectivity index (χ3v) is 6.62. The molecule has 142 valence electrons. The molecule has 1 N–H and O–H groups in total. The van der Waals surface area contributed by atoms with E-state index in [0.717, 1.165) is 22.3 Å². The second-order valence-electron chi connectivity index (χ2n) is 8.03. The molecule has 0 amide bonds. The van der Waals surface area contributed by atoms with E-state index in [1.165, 1.54) is 16.3 Å². The molecule has 0 spiro atoms. The van der Waals surface area contributed by atoms with Gasteiger partial charge in [-0.25, -0.2) is 14.2 Å². The SMILES string of the molecule is Cc1cc2nsnc2cc1Nc1ncc2c(n1)n(C13CC(F)(C1)C3)c(=O)n2C. The number of nitrogens with one attached hydrogen (secondary N) is 1. The van der Waals surface area contributed by atoms with Gasteiger partial charge < -0.3 is 5.32 Å². The number of benzene rings is 1. The van der Waals surface area contributed by atoms with E-state index in [2.05, 4.69) is 24.0 Å². The lowest BCUT2D eigenvalue weighted by molar-refractivity contribution is -0.197. The smallest absolute Gasteiger partial charge is 0.324 e. The van der Waals surface area contributed by atoms with Crippen molar-refractivity contribution in [3.63, 3.8) is 0 Å². The van der Waals surface area contributed by atoms with Gasteiger partial charge >= 0.3 is 5.69 Å². The third kappa shape index (κ3) is 1.95. The molecule has 8 nitrogen and oxygen atoms in total. The second-order valence-corrected chi connectivity index (χ2v) is 8.56. The number of imidazole rings is 1. The van der Waals surface area contributed by atoms with Gasteiger partial charge in [-0.1, -0.05) is 0 Å². The summed E-state index contributed by atoms with van der Waals surface area (Å²) in [5, 5.41) is 3.23. The van der Waals surface area contributed by atoms with Crippen LogP contribution in [0, 0.1) is 6.92 Å². The van der Waals surface area contributed by atoms with Gasteiger partial charge in [-0.15, -0.1) is 0 Å². The molecule has 3 aliphatic rings. The third-order valence-electron chi connectivity index (χ3n) is 6.06. The molecular formula is C18H16FN7OS. The van der Waals surface area contributed by atoms with Crippen molar-refractivity contribution in [2.75, 3.05) is 5.32 Å². The monoisotopic (exact) mass is 397 g/mol. The summed E-state index contributed by atoms with van der Waals surface area (Å²) in [6.07, 6.45) is 2.80. The molecule has 1 aromatic carbocycles. The summed E-state index contributed by atoms with van der Waals surface area (Å²) < 4.78 is 25.8. The van der Waals surface area contributed by atoms with E-state index < -0.39 is 11.2 Å². The zero-order chi connectivity index (χ0) is 19.3. The van der Waals surface area contributed by atoms with Crippen molar-refractivity contribution in [2.24, 2.45) is 7.05 Å². The minimum absolute atomic E-state index is 0.172. The van der Waals surface area contributed by atoms with Crippen LogP contribution in [0.5, 0.6) is 0 Å². The maximum absolute atomic E-state index is 14.1. The molecule has 2 bridgehead atoms. The molecule has 0 atom stereocenters. The van der Waals surface area contributed by atoms with Crippen molar-refractivity contribution in [2.45, 2.75) is 37.4 Å². The predicted octanol–water partition coefficient (Wildman–Crippen LogP) is 2.79. The molecule has 0 aliphatic heterocycles. The Bertz CT molecular complexity index is 1330. The van der Waals surface area contributed by atoms with Crippen LogP contribution in [0.25, 0.3) is 22.2 Å². The van der Waals surface area contributed by atoms with Gasteiger partial charge in [0.1, 0.15) is 22.2 Å². The highest BCUT2D eigenvalue weighted by Crippen LogP contribution is 2.67. The van der Waals surface area contributed by atoms with Crippen molar-refractivity contribution >= 4 is 45.6 Å². The fraction of sp³-hybridized carbons (Fsp3) is 0.389. The van der Waals surface area contributed by atoms with Gasteiger partial charge in [0.25, 0.3) is 0 Å². The van der Waals surface area contributed by atoms with E-state index in [1.807, 2.05) is 19.1 Å². The fourth-order valence-electron chi connectivity index (χ4n) is 4.64. The Morgan fingerprint density at radius 3 is 2.64 bits per heavy atom. The topological polar surface area (TPSA) is 90.5 Å². The van der Waals surface area contributed by atoms with E-state index >= 15 is 0 Å². The van der Waals surface area contributed by atoms with Crippen LogP contribution in [-0.4, -0.2) is 33.5 Å². The summed E-state index contributed by atoms with van der Waals surface area (Å²) in [6.45, 7) is 1.97. The molecule has 0 saturated heterocycles. The van der Waals surface area contributed by atoms with Gasteiger partial charge in [0, 0.05) is 32.0 Å². The normalized spacial score (nSPS) is 25.7. The number of aryl methyl sites for hydroxylation is 2. The Morgan fingerprint density at radius 1 is 1.21 bits per heavy atom. The summed E-state index contributed by atoms with van der Waals surface area (Å²) in [5.41, 5.74) is 2.97. The molecule has 3 saturated carbocycles. The fourth-order valence-corrected chi connectivity index (χ4v) is 5.15. The summed E-state index contributed by atoms with van der Waals surface area (Å²) in [7, 11) is 1.70. The maximum Gasteiger partial charge on any atom is 0.330 e. The number of aromatic nitrogens is 6. The Kier molecular flexibility index (Phi) is 2.84. The number of hydrogen-bond donors (Lipinski definition) is 1. The van der Waals surface area contributed by atoms with Gasteiger partial charge in [0.2, 0.25) is 5.95 Å². The van der Waals surface area contributed by atoms with Gasteiger partial charge in [-0.2, -0.15) is 13.7 Å². The summed E-state index contributed by atoms with van der Waals surface area (Å²) >= 11 is 1.17. The first-order valence-corrected chi connectivity index (χ1v) is 9.74. The quantitative estimate of drug-likeness (QED) is 0.572. The molecule has 4 aromatic rings. The van der Waals surface area contributed by atoms with Gasteiger partial charge in [-0.05, 0) is 24.6 Å². The minimum Gasteiger partial charge on any atom is -0.324 e. The number of alkyl halides is 1. The number of fused-ring (bicyclic) bond motifs is 2. The van der Waals surface area contributed by atoms with Crippen molar-refractivity contribution in [3.8, 4) is 0 Å². The number of rotatable bonds is 3. The van der Waals surface area contributed by atoms with E-state index in [1.54, 1.807) is 17.8 Å². The highest BCUT2D eigenvalue weighted by atomic mass is 32.1. The summed E-state index contributed by atoms with van der Waals surface area (Å²) in [4.78, 5) is 21.8. The van der Waals surface area contributed by atoms with Crippen LogP contribution in [-0.2, 0) is 12.6 Å². The first-order valence-electron chi connectivity index (χ1n) is 9.01. The minimum atomic E-state index is -1.09. The lowest BCUT2D eigenvalue weighted by atomic mass is 9.47. The molecule has 0 unspecified atom stereocenters. The molecule has 7 rings (SSSR count). The second kappa shape index (κ2) is 4.93. The Morgan fingerprint density at radius 2 is 1.93 bits per heavy atom. The molecule has 28 heavy (non-hydrogen) atoms. The zero-order valence-corrected chi connectivity index (χ0v) is 16.0. The van der Waals surface area contributed by atoms with Crippen molar-refractivity contribution in [1.82, 2.24) is 27.8 Å². The van der Waals surface area contributed by atoms with Gasteiger partial charge in [-0.3, -0.25) is 9.13 Å². The van der Waals surface area contributed by atoms with Gasteiger partial charge in [0.05, 0.1) is 23.5 Å². The molecular weight excluding hydrogens is 381 g/mol. The maximum atomic E-state index is 14.1. The molecule has 3 aliphatic carbocycles. The summed E-state index contributed by atoms with van der Waals surface area (Å²) in [6, 6.07) is 3.87. The average molecular weight is 397 g/mol. The molecule has 3 heterocycles. The van der Waals surface area contributed by atoms with E-state index in [0.29, 0.717) is 36.4 Å². The molecule has 3 aromatic heterocycles. The van der Waals surface area contributed by atoms with Crippen molar-refractivity contribution < 1.29 is 4.39 Å². The van der Waals surface area contributed by atoms with Crippen LogP contribution in [0.4, 0.5) is 16.0 Å². The lowest BCUT2D eigenvalue weighted by Crippen LogP contribution is -2.71. The molecule has 3 fully saturated rings. The predicted molar refractivity (Wildman–Crippen MR) is 104 cm³/mol. The van der Waals surface area contributed by atoms with E-state index in [9.17, 15) is 9.18 Å². The van der Waals surface area contributed by atoms with Crippen molar-refractivity contribution in [1.29, 1.82) is 0 Å². The van der Waals surface area contributed by atoms with Crippen molar-refractivity contribution in [3.05, 3.63) is 34.4 Å². The van der Waals surface area contributed by atoms with Crippen LogP contribution >= 0.6 is 11.7 Å². The van der Waals surface area contributed by atoms with Gasteiger partial charge in [0.15, 0.2) is 5.65 Å². The van der Waals surface area contributed by atoms with E-state index in [4.69, 9.17) is 0 Å². The zero-order valence-electron chi connectivity index (χ0n) is 15.2. The highest BCUT2D eigenvalue weighted by molar-refractivity contribution is 7.00. The Balaban J connectivity index is 1.46. The highest BCUT2D eigenvalue weighted by Gasteiger charge is 2.71. The lowest BCUT2D eigenvalue weighted by Gasteiger charge is -2.65. The summed E-state index contributed by atoms with van der Waals surface area (Å²) in [5.74, 6) is 0.388. The standard InChI is InChI=1S/C18H16FN7OS/c1-9-3-11-12(24-28-23-11)4-10(9)21-15-20-5-13-14(22-15)26(16(27)25(13)2)18-6-17(19,7-18)8-18/h3-5H,6-8H2,1-2H3,(H,20,21,22). The number of anilines is 2. The molecule has 10 heteroatoms. The average Bonchev–Trinajstić information content (AvgIpc) is 3.15. The van der Waals surface area contributed by atoms with Crippen LogP contribution in [0.15, 0.2) is 23.1 Å². The van der Waals surface area contributed by atoms with Crippen LogP contribution < -0.4 is 11.0 Å². The largest absolute Gasteiger partial charge is 0.330 e.